The summed E-state index contributed by atoms with van der Waals surface area (Å²) >= 11 is 0. The van der Waals surface area contributed by atoms with Crippen LogP contribution in [0.1, 0.15) is 32.4 Å². The van der Waals surface area contributed by atoms with Crippen LogP contribution in [-0.4, -0.2) is 55.6 Å². The van der Waals surface area contributed by atoms with Gasteiger partial charge in [0.05, 0.1) is 38.1 Å². The van der Waals surface area contributed by atoms with Crippen LogP contribution in [0.25, 0.3) is 0 Å². The standard InChI is InChI=1S/C20H27N3O4/c1-11(2)12(3)23-10-16-17(19(23)24)18(21-20(25)22(16)4)13-7-14(26-5)9-15(8-13)27-6/h7-9,11-12,18H,10H2,1-6H3,(H,21,25)/t12-,18-/m1/s1. The zero-order valence-corrected chi connectivity index (χ0v) is 16.7. The molecule has 0 fully saturated rings. The van der Waals surface area contributed by atoms with Crippen LogP contribution in [0.5, 0.6) is 11.5 Å². The van der Waals surface area contributed by atoms with Crippen molar-refractivity contribution in [1.82, 2.24) is 15.1 Å². The third-order valence-corrected chi connectivity index (χ3v) is 5.55. The van der Waals surface area contributed by atoms with Gasteiger partial charge in [-0.25, -0.2) is 4.79 Å². The highest BCUT2D eigenvalue weighted by atomic mass is 16.5. The second-order valence-electron chi connectivity index (χ2n) is 7.37. The number of nitrogens with zero attached hydrogens (tertiary/aromatic N) is 2. The minimum atomic E-state index is -0.537. The summed E-state index contributed by atoms with van der Waals surface area (Å²) < 4.78 is 10.7. The van der Waals surface area contributed by atoms with Crippen molar-refractivity contribution >= 4 is 11.9 Å². The van der Waals surface area contributed by atoms with Gasteiger partial charge in [-0.2, -0.15) is 0 Å². The molecule has 7 heteroatoms. The summed E-state index contributed by atoms with van der Waals surface area (Å²) in [6.45, 7) is 6.66. The van der Waals surface area contributed by atoms with Crippen molar-refractivity contribution < 1.29 is 19.1 Å². The molecular weight excluding hydrogens is 346 g/mol. The van der Waals surface area contributed by atoms with Crippen LogP contribution in [0.2, 0.25) is 0 Å². The molecular formula is C20H27N3O4. The number of hydrogen-bond acceptors (Lipinski definition) is 4. The van der Waals surface area contributed by atoms with E-state index in [-0.39, 0.29) is 18.0 Å². The average molecular weight is 373 g/mol. The molecule has 2 aliphatic heterocycles. The van der Waals surface area contributed by atoms with Gasteiger partial charge in [-0.1, -0.05) is 13.8 Å². The molecule has 2 atom stereocenters. The number of methoxy groups -OCH3 is 2. The smallest absolute Gasteiger partial charge is 0.322 e. The van der Waals surface area contributed by atoms with Crippen LogP contribution >= 0.6 is 0 Å². The first kappa shape index (κ1) is 19.1. The molecule has 1 N–H and O–H groups in total. The molecule has 2 heterocycles. The van der Waals surface area contributed by atoms with Crippen molar-refractivity contribution in [2.45, 2.75) is 32.9 Å². The Bertz CT molecular complexity index is 780. The van der Waals surface area contributed by atoms with Crippen LogP contribution in [0.3, 0.4) is 0 Å². The summed E-state index contributed by atoms with van der Waals surface area (Å²) in [5.41, 5.74) is 2.12. The lowest BCUT2D eigenvalue weighted by Crippen LogP contribution is -2.45. The zero-order valence-electron chi connectivity index (χ0n) is 16.7. The molecule has 0 radical (unpaired) electrons. The molecule has 1 aromatic carbocycles. The van der Waals surface area contributed by atoms with Crippen molar-refractivity contribution in [2.75, 3.05) is 27.8 Å². The summed E-state index contributed by atoms with van der Waals surface area (Å²) in [5.74, 6) is 1.50. The number of ether oxygens (including phenoxy) is 2. The highest BCUT2D eigenvalue weighted by Crippen LogP contribution is 2.39. The minimum absolute atomic E-state index is 0.0372. The highest BCUT2D eigenvalue weighted by Gasteiger charge is 2.44. The van der Waals surface area contributed by atoms with Gasteiger partial charge in [0.2, 0.25) is 0 Å². The van der Waals surface area contributed by atoms with E-state index >= 15 is 0 Å². The maximum absolute atomic E-state index is 13.3. The summed E-state index contributed by atoms with van der Waals surface area (Å²) in [4.78, 5) is 29.2. The average Bonchev–Trinajstić information content (AvgIpc) is 3.00. The van der Waals surface area contributed by atoms with Gasteiger partial charge in [-0.05, 0) is 30.5 Å². The normalized spacial score (nSPS) is 20.8. The van der Waals surface area contributed by atoms with Crippen molar-refractivity contribution in [2.24, 2.45) is 5.92 Å². The fourth-order valence-corrected chi connectivity index (χ4v) is 3.52. The predicted octanol–water partition coefficient (Wildman–Crippen LogP) is 2.54. The fraction of sp³-hybridized carbons (Fsp3) is 0.500. The molecule has 1 aromatic rings. The first-order valence-corrected chi connectivity index (χ1v) is 9.09. The molecule has 0 saturated carbocycles. The topological polar surface area (TPSA) is 71.1 Å². The molecule has 0 aliphatic carbocycles. The van der Waals surface area contributed by atoms with Gasteiger partial charge in [0.15, 0.2) is 0 Å². The van der Waals surface area contributed by atoms with E-state index < -0.39 is 6.04 Å². The molecule has 3 rings (SSSR count). The zero-order chi connectivity index (χ0) is 19.9. The number of amides is 3. The van der Waals surface area contributed by atoms with Crippen molar-refractivity contribution in [1.29, 1.82) is 0 Å². The predicted molar refractivity (Wildman–Crippen MR) is 102 cm³/mol. The molecule has 0 aromatic heterocycles. The molecule has 0 bridgehead atoms. The van der Waals surface area contributed by atoms with Gasteiger partial charge in [-0.3, -0.25) is 9.69 Å². The fourth-order valence-electron chi connectivity index (χ4n) is 3.52. The number of urea groups is 1. The molecule has 3 amide bonds. The van der Waals surface area contributed by atoms with Gasteiger partial charge < -0.3 is 19.7 Å². The summed E-state index contributed by atoms with van der Waals surface area (Å²) in [7, 11) is 4.84. The van der Waals surface area contributed by atoms with Crippen LogP contribution in [-0.2, 0) is 4.79 Å². The molecule has 27 heavy (non-hydrogen) atoms. The Balaban J connectivity index is 2.07. The maximum Gasteiger partial charge on any atom is 0.322 e. The van der Waals surface area contributed by atoms with Crippen LogP contribution in [0, 0.1) is 5.92 Å². The molecule has 7 nitrogen and oxygen atoms in total. The number of hydrogen-bond donors (Lipinski definition) is 1. The Kier molecular flexibility index (Phi) is 5.04. The summed E-state index contributed by atoms with van der Waals surface area (Å²) in [5, 5.41) is 2.95. The largest absolute Gasteiger partial charge is 0.497 e. The van der Waals surface area contributed by atoms with E-state index in [1.165, 1.54) is 4.90 Å². The highest BCUT2D eigenvalue weighted by molar-refractivity contribution is 6.01. The van der Waals surface area contributed by atoms with E-state index in [1.54, 1.807) is 27.3 Å². The molecule has 146 valence electrons. The quantitative estimate of drug-likeness (QED) is 0.861. The Morgan fingerprint density at radius 2 is 1.67 bits per heavy atom. The van der Waals surface area contributed by atoms with Gasteiger partial charge in [0.1, 0.15) is 11.5 Å². The second kappa shape index (κ2) is 7.13. The van der Waals surface area contributed by atoms with E-state index in [1.807, 2.05) is 24.0 Å². The number of benzene rings is 1. The Morgan fingerprint density at radius 3 is 2.19 bits per heavy atom. The van der Waals surface area contributed by atoms with Gasteiger partial charge in [-0.15, -0.1) is 0 Å². The maximum atomic E-state index is 13.3. The summed E-state index contributed by atoms with van der Waals surface area (Å²) in [6.07, 6.45) is 0. The third kappa shape index (κ3) is 3.22. The Hall–Kier alpha value is -2.70. The molecule has 0 unspecified atom stereocenters. The number of carbonyl (C=O) groups excluding carboxylic acids is 2. The molecule has 0 spiro atoms. The van der Waals surface area contributed by atoms with E-state index in [0.29, 0.717) is 29.5 Å². The van der Waals surface area contributed by atoms with Crippen molar-refractivity contribution in [3.05, 3.63) is 35.0 Å². The first-order valence-electron chi connectivity index (χ1n) is 9.09. The molecule has 0 saturated heterocycles. The first-order chi connectivity index (χ1) is 12.8. The number of nitrogens with one attached hydrogen (secondary N) is 1. The Morgan fingerprint density at radius 1 is 1.07 bits per heavy atom. The van der Waals surface area contributed by atoms with Gasteiger partial charge >= 0.3 is 6.03 Å². The number of rotatable bonds is 5. The lowest BCUT2D eigenvalue weighted by atomic mass is 9.95. The lowest BCUT2D eigenvalue weighted by molar-refractivity contribution is -0.128. The van der Waals surface area contributed by atoms with Gasteiger partial charge in [0.25, 0.3) is 5.91 Å². The second-order valence-corrected chi connectivity index (χ2v) is 7.37. The number of likely N-dealkylation sites (N-methyl/N-ethyl adjacent to an activating group) is 1. The van der Waals surface area contributed by atoms with E-state index in [0.717, 1.165) is 11.3 Å². The third-order valence-electron chi connectivity index (χ3n) is 5.55. The number of carbonyl (C=O) groups is 2. The van der Waals surface area contributed by atoms with Gasteiger partial charge in [0, 0.05) is 19.2 Å². The van der Waals surface area contributed by atoms with Crippen LogP contribution < -0.4 is 14.8 Å². The molecule has 2 aliphatic rings. The SMILES string of the molecule is COc1cc(OC)cc([C@H]2NC(=O)N(C)C3=C2C(=O)N([C@H](C)C(C)C)C3)c1. The van der Waals surface area contributed by atoms with E-state index in [9.17, 15) is 9.59 Å². The van der Waals surface area contributed by atoms with E-state index in [4.69, 9.17) is 9.47 Å². The van der Waals surface area contributed by atoms with Crippen molar-refractivity contribution in [3.63, 3.8) is 0 Å². The summed E-state index contributed by atoms with van der Waals surface area (Å²) in [6, 6.07) is 4.72. The van der Waals surface area contributed by atoms with E-state index in [2.05, 4.69) is 19.2 Å². The van der Waals surface area contributed by atoms with Crippen LogP contribution in [0.4, 0.5) is 4.79 Å². The minimum Gasteiger partial charge on any atom is -0.497 e. The van der Waals surface area contributed by atoms with Crippen LogP contribution in [0.15, 0.2) is 29.5 Å². The van der Waals surface area contributed by atoms with Crippen molar-refractivity contribution in [3.8, 4) is 11.5 Å². The monoisotopic (exact) mass is 373 g/mol. The Labute approximate surface area is 159 Å². The lowest BCUT2D eigenvalue weighted by Gasteiger charge is -2.31.